The summed E-state index contributed by atoms with van der Waals surface area (Å²) >= 11 is 0. The Labute approximate surface area is 273 Å². The zero-order chi connectivity index (χ0) is 33.5. The first kappa shape index (κ1) is 34.8. The molecule has 0 amide bonds. The van der Waals surface area contributed by atoms with Crippen molar-refractivity contribution < 1.29 is 28.1 Å². The fourth-order valence-electron chi connectivity index (χ4n) is 5.03. The number of nitrogens with zero attached hydrogens (tertiary/aromatic N) is 2. The third-order valence-corrected chi connectivity index (χ3v) is 9.95. The number of aliphatic hydroxyl groups excluding tert-OH is 2. The van der Waals surface area contributed by atoms with Gasteiger partial charge in [-0.25, -0.2) is 8.42 Å². The summed E-state index contributed by atoms with van der Waals surface area (Å²) in [5, 5.41) is 20.5. The lowest BCUT2D eigenvalue weighted by Crippen LogP contribution is -2.33. The van der Waals surface area contributed by atoms with Gasteiger partial charge in [-0.2, -0.15) is 0 Å². The summed E-state index contributed by atoms with van der Waals surface area (Å²) in [7, 11) is 1.83. The van der Waals surface area contributed by atoms with E-state index in [2.05, 4.69) is 13.8 Å². The van der Waals surface area contributed by atoms with E-state index >= 15 is 0 Å². The second-order valence-electron chi connectivity index (χ2n) is 12.3. The molecule has 0 aliphatic heterocycles. The lowest BCUT2D eigenvalue weighted by molar-refractivity contribution is 0.104. The van der Waals surface area contributed by atoms with Crippen LogP contribution in [0.1, 0.15) is 38.3 Å². The molecule has 2 atom stereocenters. The highest BCUT2D eigenvalue weighted by Gasteiger charge is 2.24. The summed E-state index contributed by atoms with van der Waals surface area (Å²) in [5.41, 5.74) is 3.45. The molecule has 0 saturated heterocycles. The van der Waals surface area contributed by atoms with E-state index in [1.165, 1.54) is 0 Å². The van der Waals surface area contributed by atoms with Crippen LogP contribution in [0.3, 0.4) is 0 Å². The molecule has 0 aliphatic carbocycles. The Morgan fingerprint density at radius 1 is 0.696 bits per heavy atom. The Hall–Kier alpha value is -4.05. The molecule has 0 aliphatic rings. The van der Waals surface area contributed by atoms with Gasteiger partial charge in [0.15, 0.2) is 0 Å². The van der Waals surface area contributed by atoms with Gasteiger partial charge in [0.25, 0.3) is 0 Å². The van der Waals surface area contributed by atoms with E-state index in [1.807, 2.05) is 98.5 Å². The van der Waals surface area contributed by atoms with E-state index in [-0.39, 0.29) is 35.0 Å². The lowest BCUT2D eigenvalue weighted by atomic mass is 9.78. The van der Waals surface area contributed by atoms with Crippen molar-refractivity contribution in [1.29, 1.82) is 0 Å². The summed E-state index contributed by atoms with van der Waals surface area (Å²) in [6, 6.07) is 29.4. The lowest BCUT2D eigenvalue weighted by Gasteiger charge is -2.27. The van der Waals surface area contributed by atoms with E-state index in [1.54, 1.807) is 36.4 Å². The van der Waals surface area contributed by atoms with E-state index in [0.29, 0.717) is 17.9 Å². The highest BCUT2D eigenvalue weighted by Crippen LogP contribution is 2.33. The van der Waals surface area contributed by atoms with Crippen molar-refractivity contribution in [2.75, 3.05) is 50.7 Å². The van der Waals surface area contributed by atoms with Crippen LogP contribution >= 0.6 is 0 Å². The number of hydrogen-bond acceptors (Lipinski definition) is 8. The Morgan fingerprint density at radius 3 is 1.63 bits per heavy atom. The van der Waals surface area contributed by atoms with Gasteiger partial charge in [-0.1, -0.05) is 57.2 Å². The molecule has 4 rings (SSSR count). The Balaban J connectivity index is 1.34. The van der Waals surface area contributed by atoms with Crippen LogP contribution in [0.4, 0.5) is 11.4 Å². The maximum atomic E-state index is 13.4. The van der Waals surface area contributed by atoms with Gasteiger partial charge in [-0.15, -0.1) is 0 Å². The van der Waals surface area contributed by atoms with Gasteiger partial charge in [-0.3, -0.25) is 0 Å². The molecule has 246 valence electrons. The van der Waals surface area contributed by atoms with Gasteiger partial charge >= 0.3 is 0 Å². The van der Waals surface area contributed by atoms with E-state index in [0.717, 1.165) is 22.6 Å². The second-order valence-corrected chi connectivity index (χ2v) is 14.2. The molecule has 0 aromatic heterocycles. The zero-order valence-electron chi connectivity index (χ0n) is 27.6. The van der Waals surface area contributed by atoms with Gasteiger partial charge in [0.05, 0.1) is 15.9 Å². The largest absolute Gasteiger partial charge is 0.491 e. The monoisotopic (exact) mass is 646 g/mol. The SMILES string of the molecule is CCC(O)COc1ccc(C(C)(C)c2ccc(OCC(O)CN(C)c3cccc(S(=O)(=O)c4cccc(N(C)C)c4)c3)cc2)cc1. The van der Waals surface area contributed by atoms with Crippen LogP contribution in [0.25, 0.3) is 0 Å². The Kier molecular flexibility index (Phi) is 11.4. The van der Waals surface area contributed by atoms with E-state index < -0.39 is 22.0 Å². The average Bonchev–Trinajstić information content (AvgIpc) is 3.06. The number of sulfone groups is 1. The minimum Gasteiger partial charge on any atom is -0.491 e. The van der Waals surface area contributed by atoms with Crippen LogP contribution in [0.5, 0.6) is 11.5 Å². The molecule has 2 unspecified atom stereocenters. The molecule has 0 saturated carbocycles. The number of anilines is 2. The third-order valence-electron chi connectivity index (χ3n) is 8.21. The summed E-state index contributed by atoms with van der Waals surface area (Å²) in [4.78, 5) is 4.10. The molecule has 0 fully saturated rings. The topological polar surface area (TPSA) is 99.5 Å². The summed E-state index contributed by atoms with van der Waals surface area (Å²) < 4.78 is 38.3. The molecule has 9 heteroatoms. The Bertz CT molecular complexity index is 1670. The fraction of sp³-hybridized carbons (Fsp3) is 0.351. The van der Waals surface area contributed by atoms with Gasteiger partial charge in [0.1, 0.15) is 30.8 Å². The minimum absolute atomic E-state index is 0.0799. The van der Waals surface area contributed by atoms with E-state index in [4.69, 9.17) is 9.47 Å². The number of benzene rings is 4. The standard InChI is InChI=1S/C37H46N2O6S/c1-7-31(40)25-44-33-18-14-27(15-19-33)37(2,3)28-16-20-34(21-17-28)45-26-32(41)24-39(6)30-11-9-13-36(23-30)46(42,43)35-12-8-10-29(22-35)38(4)5/h8-23,31-32,40-41H,7,24-26H2,1-6H3. The van der Waals surface area contributed by atoms with Gasteiger partial charge in [0, 0.05) is 44.5 Å². The quantitative estimate of drug-likeness (QED) is 0.164. The first-order chi connectivity index (χ1) is 21.8. The zero-order valence-corrected chi connectivity index (χ0v) is 28.4. The van der Waals surface area contributed by atoms with Crippen LogP contribution in [0, 0.1) is 0 Å². The molecule has 8 nitrogen and oxygen atoms in total. The molecule has 4 aromatic carbocycles. The van der Waals surface area contributed by atoms with Gasteiger partial charge in [-0.05, 0) is 78.2 Å². The van der Waals surface area contributed by atoms with Crippen LogP contribution in [-0.2, 0) is 15.3 Å². The smallest absolute Gasteiger partial charge is 0.206 e. The summed E-state index contributed by atoms with van der Waals surface area (Å²) in [5.74, 6) is 1.37. The molecule has 2 N–H and O–H groups in total. The summed E-state index contributed by atoms with van der Waals surface area (Å²) in [6.07, 6.45) is -0.630. The van der Waals surface area contributed by atoms with Gasteiger partial charge in [0.2, 0.25) is 9.84 Å². The number of aliphatic hydroxyl groups is 2. The highest BCUT2D eigenvalue weighted by atomic mass is 32.2. The van der Waals surface area contributed by atoms with Crippen molar-refractivity contribution in [3.05, 3.63) is 108 Å². The highest BCUT2D eigenvalue weighted by molar-refractivity contribution is 7.91. The fourth-order valence-corrected chi connectivity index (χ4v) is 6.37. The van der Waals surface area contributed by atoms with Crippen LogP contribution in [0.15, 0.2) is 107 Å². The van der Waals surface area contributed by atoms with Crippen LogP contribution in [-0.4, -0.2) is 71.7 Å². The van der Waals surface area contributed by atoms with E-state index in [9.17, 15) is 18.6 Å². The van der Waals surface area contributed by atoms with Crippen molar-refractivity contribution >= 4 is 21.2 Å². The predicted octanol–water partition coefficient (Wildman–Crippen LogP) is 5.94. The summed E-state index contributed by atoms with van der Waals surface area (Å²) in [6.45, 7) is 6.83. The first-order valence-electron chi connectivity index (χ1n) is 15.5. The van der Waals surface area contributed by atoms with Crippen LogP contribution in [0.2, 0.25) is 0 Å². The van der Waals surface area contributed by atoms with Crippen LogP contribution < -0.4 is 19.3 Å². The predicted molar refractivity (Wildman–Crippen MR) is 184 cm³/mol. The average molecular weight is 647 g/mol. The number of rotatable bonds is 15. The molecule has 0 radical (unpaired) electrons. The maximum Gasteiger partial charge on any atom is 0.206 e. The molecule has 4 aromatic rings. The molecule has 0 bridgehead atoms. The van der Waals surface area contributed by atoms with Crippen molar-refractivity contribution in [1.82, 2.24) is 0 Å². The number of likely N-dealkylation sites (N-methyl/N-ethyl adjacent to an activating group) is 1. The van der Waals surface area contributed by atoms with Crippen molar-refractivity contribution in [3.63, 3.8) is 0 Å². The first-order valence-corrected chi connectivity index (χ1v) is 17.0. The maximum absolute atomic E-state index is 13.4. The van der Waals surface area contributed by atoms with Gasteiger partial charge < -0.3 is 29.5 Å². The normalized spacial score (nSPS) is 13.1. The minimum atomic E-state index is -3.72. The third kappa shape index (κ3) is 8.60. The molecular formula is C37H46N2O6S. The second kappa shape index (κ2) is 15.0. The molecular weight excluding hydrogens is 600 g/mol. The molecule has 0 spiro atoms. The van der Waals surface area contributed by atoms with Crippen molar-refractivity contribution in [3.8, 4) is 11.5 Å². The number of ether oxygens (including phenoxy) is 2. The Morgan fingerprint density at radius 2 is 1.15 bits per heavy atom. The number of hydrogen-bond donors (Lipinski definition) is 2. The van der Waals surface area contributed by atoms with Crippen molar-refractivity contribution in [2.24, 2.45) is 0 Å². The molecule has 0 heterocycles. The van der Waals surface area contributed by atoms with Crippen molar-refractivity contribution in [2.45, 2.75) is 54.6 Å². The molecule has 46 heavy (non-hydrogen) atoms.